The molecular weight excluding hydrogens is 460 g/mol. The molecule has 0 nitrogen and oxygen atoms in total. The van der Waals surface area contributed by atoms with Gasteiger partial charge in [0.2, 0.25) is 0 Å². The summed E-state index contributed by atoms with van der Waals surface area (Å²) in [5, 5.41) is 5.31. The number of hydrogen-bond donors (Lipinski definition) is 0. The number of fused-ring (bicyclic) bond motifs is 2. The molecule has 6 aromatic carbocycles. The van der Waals surface area contributed by atoms with Gasteiger partial charge in [-0.3, -0.25) is 0 Å². The van der Waals surface area contributed by atoms with Crippen molar-refractivity contribution < 1.29 is 19.2 Å². The van der Waals surface area contributed by atoms with E-state index in [1.54, 1.807) is 19.2 Å². The monoisotopic (exact) mass is 488 g/mol. The summed E-state index contributed by atoms with van der Waals surface area (Å²) in [5.41, 5.74) is 5.21. The molecule has 6 rings (SSSR count). The largest absolute Gasteiger partial charge is 0.168 e. The second-order valence-electron chi connectivity index (χ2n) is 7.40. The molecular formula is C32H28SiTi-4. The fourth-order valence-electron chi connectivity index (χ4n) is 4.06. The summed E-state index contributed by atoms with van der Waals surface area (Å²) in [7, 11) is 2.97. The molecule has 2 radical (unpaired) electrons. The first-order valence-corrected chi connectivity index (χ1v) is 13.4. The molecule has 0 aliphatic carbocycles. The van der Waals surface area contributed by atoms with Crippen LogP contribution < -0.4 is 0 Å². The van der Waals surface area contributed by atoms with Crippen LogP contribution in [0, 0.1) is 14.9 Å². The van der Waals surface area contributed by atoms with E-state index in [0.29, 0.717) is 0 Å². The molecule has 168 valence electrons. The van der Waals surface area contributed by atoms with Crippen molar-refractivity contribution in [3.8, 4) is 22.3 Å². The molecule has 34 heavy (non-hydrogen) atoms. The van der Waals surface area contributed by atoms with Crippen molar-refractivity contribution in [2.24, 2.45) is 0 Å². The van der Waals surface area contributed by atoms with Gasteiger partial charge in [-0.1, -0.05) is 83.9 Å². The molecule has 0 aliphatic heterocycles. The van der Waals surface area contributed by atoms with Crippen LogP contribution in [0.5, 0.6) is 0 Å². The van der Waals surface area contributed by atoms with Crippen LogP contribution >= 0.6 is 0 Å². The minimum atomic E-state index is 0. The van der Waals surface area contributed by atoms with Crippen LogP contribution in [0.3, 0.4) is 0 Å². The zero-order valence-electron chi connectivity index (χ0n) is 19.7. The molecule has 0 aromatic heterocycles. The number of benzene rings is 4. The van der Waals surface area contributed by atoms with E-state index in [4.69, 9.17) is 0 Å². The van der Waals surface area contributed by atoms with Crippen LogP contribution in [-0.2, 0) is 19.2 Å². The van der Waals surface area contributed by atoms with Gasteiger partial charge in [0.15, 0.2) is 0 Å². The van der Waals surface area contributed by atoms with Gasteiger partial charge in [0, 0.05) is 0 Å². The van der Waals surface area contributed by atoms with Gasteiger partial charge in [-0.05, 0) is 11.1 Å². The summed E-state index contributed by atoms with van der Waals surface area (Å²) >= 11 is 1.81. The Balaban J connectivity index is 0.000000212. The zero-order chi connectivity index (χ0) is 22.2. The van der Waals surface area contributed by atoms with E-state index in [9.17, 15) is 0 Å². The van der Waals surface area contributed by atoms with Gasteiger partial charge in [-0.25, -0.2) is 0 Å². The van der Waals surface area contributed by atoms with E-state index in [-0.39, 0.29) is 14.9 Å². The maximum atomic E-state index is 2.97. The molecule has 0 saturated heterocycles. The third kappa shape index (κ3) is 6.12. The average molecular weight is 489 g/mol. The molecule has 0 unspecified atom stereocenters. The van der Waals surface area contributed by atoms with E-state index in [2.05, 4.69) is 141 Å². The van der Waals surface area contributed by atoms with Gasteiger partial charge >= 0.3 is 26.8 Å². The molecule has 0 atom stereocenters. The Morgan fingerprint density at radius 1 is 0.441 bits per heavy atom. The number of hydrogen-bond acceptors (Lipinski definition) is 0. The summed E-state index contributed by atoms with van der Waals surface area (Å²) < 4.78 is 0. The topological polar surface area (TPSA) is 0 Å². The van der Waals surface area contributed by atoms with Gasteiger partial charge in [-0.15, -0.1) is 57.9 Å². The predicted molar refractivity (Wildman–Crippen MR) is 149 cm³/mol. The smallest absolute Gasteiger partial charge is 0.0279 e. The van der Waals surface area contributed by atoms with Crippen LogP contribution in [0.2, 0.25) is 0 Å². The normalized spacial score (nSPS) is 9.50. The van der Waals surface area contributed by atoms with Crippen LogP contribution in [0.15, 0.2) is 133 Å². The Morgan fingerprint density at radius 2 is 0.824 bits per heavy atom. The number of rotatable bonds is 2. The third-order valence-corrected chi connectivity index (χ3v) is 5.53. The molecule has 0 bridgehead atoms. The first-order valence-electron chi connectivity index (χ1n) is 10.5. The molecule has 0 saturated carbocycles. The molecule has 0 fully saturated rings. The SMILES string of the molecule is [CH3-].[CH3-].[Si]=[Ti].c1ccc(-c2cccc3[cH-]ccc23)cc1.c1ccc(-c2cccc3[cH-]ccc23)cc1. The molecule has 6 aromatic rings. The second-order valence-corrected chi connectivity index (χ2v) is 7.40. The van der Waals surface area contributed by atoms with E-state index < -0.39 is 0 Å². The van der Waals surface area contributed by atoms with Gasteiger partial charge < -0.3 is 14.9 Å². The van der Waals surface area contributed by atoms with Gasteiger partial charge in [0.25, 0.3) is 0 Å². The first kappa shape index (κ1) is 27.3. The summed E-state index contributed by atoms with van der Waals surface area (Å²) in [4.78, 5) is 0. The van der Waals surface area contributed by atoms with Crippen LogP contribution in [0.1, 0.15) is 0 Å². The molecule has 0 amide bonds. The van der Waals surface area contributed by atoms with Crippen molar-refractivity contribution in [2.45, 2.75) is 0 Å². The fourth-order valence-corrected chi connectivity index (χ4v) is 4.06. The van der Waals surface area contributed by atoms with Crippen molar-refractivity contribution in [3.63, 3.8) is 0 Å². The van der Waals surface area contributed by atoms with Crippen LogP contribution in [0.4, 0.5) is 0 Å². The first-order chi connectivity index (χ1) is 15.9. The van der Waals surface area contributed by atoms with Crippen molar-refractivity contribution in [1.29, 1.82) is 0 Å². The van der Waals surface area contributed by atoms with E-state index in [1.807, 2.05) is 0 Å². The summed E-state index contributed by atoms with van der Waals surface area (Å²) in [5.74, 6) is 0. The van der Waals surface area contributed by atoms with Crippen molar-refractivity contribution >= 4 is 29.2 Å². The Kier molecular flexibility index (Phi) is 11.0. The van der Waals surface area contributed by atoms with E-state index in [0.717, 1.165) is 0 Å². The minimum Gasteiger partial charge on any atom is -0.168 e. The maximum Gasteiger partial charge on any atom is -0.0279 e. The van der Waals surface area contributed by atoms with Crippen molar-refractivity contribution in [3.05, 3.63) is 148 Å². The molecule has 0 heterocycles. The second kappa shape index (κ2) is 13.7. The fraction of sp³-hybridized carbons (Fsp3) is 0. The zero-order valence-corrected chi connectivity index (χ0v) is 22.3. The molecule has 0 aliphatic rings. The Morgan fingerprint density at radius 3 is 1.21 bits per heavy atom. The summed E-state index contributed by atoms with van der Waals surface area (Å²) in [6.07, 6.45) is 0. The maximum absolute atomic E-state index is 2.97. The van der Waals surface area contributed by atoms with Crippen LogP contribution in [0.25, 0.3) is 43.8 Å². The van der Waals surface area contributed by atoms with Gasteiger partial charge in [0.1, 0.15) is 0 Å². The summed E-state index contributed by atoms with van der Waals surface area (Å²) in [6, 6.07) is 46.8. The molecule has 0 N–H and O–H groups in total. The Hall–Kier alpha value is -2.97. The Labute approximate surface area is 218 Å². The molecule has 0 spiro atoms. The standard InChI is InChI=1S/2C15H11.2CH3.Si.Ti/c2*1-2-6-12(7-3-1)14-10-4-8-13-9-5-11-15(13)14;;;;/h2*1-11H;2*1H3;;/q4*-1;;. The average Bonchev–Trinajstić information content (AvgIpc) is 3.56. The molecule has 2 heteroatoms. The third-order valence-electron chi connectivity index (χ3n) is 5.53. The predicted octanol–water partition coefficient (Wildman–Crippen LogP) is 8.97. The summed E-state index contributed by atoms with van der Waals surface area (Å²) in [6.45, 7) is 0. The van der Waals surface area contributed by atoms with Gasteiger partial charge in [0.05, 0.1) is 0 Å². The van der Waals surface area contributed by atoms with Crippen molar-refractivity contribution in [1.82, 2.24) is 0 Å². The van der Waals surface area contributed by atoms with E-state index in [1.165, 1.54) is 43.8 Å². The van der Waals surface area contributed by atoms with Crippen molar-refractivity contribution in [2.75, 3.05) is 0 Å². The quantitative estimate of drug-likeness (QED) is 0.169. The van der Waals surface area contributed by atoms with Crippen LogP contribution in [-0.4, -0.2) is 7.63 Å². The van der Waals surface area contributed by atoms with E-state index >= 15 is 0 Å². The Bertz CT molecular complexity index is 1290. The minimum absolute atomic E-state index is 0. The van der Waals surface area contributed by atoms with Gasteiger partial charge in [-0.2, -0.15) is 24.3 Å².